The van der Waals surface area contributed by atoms with E-state index in [1.165, 1.54) is 0 Å². The van der Waals surface area contributed by atoms with Gasteiger partial charge in [0.25, 0.3) is 0 Å². The number of nitrogens with zero attached hydrogens (tertiary/aromatic N) is 2. The van der Waals surface area contributed by atoms with E-state index in [9.17, 15) is 24.3 Å². The van der Waals surface area contributed by atoms with Crippen LogP contribution < -0.4 is 21.3 Å². The maximum absolute atomic E-state index is 13.9. The third kappa shape index (κ3) is 13.3. The Labute approximate surface area is 316 Å². The molecule has 2 aromatic heterocycles. The Morgan fingerprint density at radius 1 is 0.556 bits per heavy atom. The predicted octanol–water partition coefficient (Wildman–Crippen LogP) is 4.49. The van der Waals surface area contributed by atoms with Crippen molar-refractivity contribution in [3.63, 3.8) is 0 Å². The van der Waals surface area contributed by atoms with Gasteiger partial charge in [0.2, 0.25) is 11.8 Å². The molecule has 0 fully saturated rings. The van der Waals surface area contributed by atoms with Gasteiger partial charge in [-0.3, -0.25) is 19.6 Å². The Balaban J connectivity index is 1.54. The molecule has 0 saturated heterocycles. The molecule has 0 saturated carbocycles. The summed E-state index contributed by atoms with van der Waals surface area (Å²) in [5.41, 5.74) is 2.75. The number of amides is 4. The third-order valence-corrected chi connectivity index (χ3v) is 8.68. The van der Waals surface area contributed by atoms with E-state index in [1.807, 2.05) is 60.7 Å². The van der Waals surface area contributed by atoms with Gasteiger partial charge in [0.05, 0.1) is 29.6 Å². The fraction of sp³-hybridized carbons (Fsp3) is 0.366. The zero-order chi connectivity index (χ0) is 38.9. The first-order chi connectivity index (χ1) is 26.0. The topological polar surface area (TPSA) is 181 Å². The molecule has 2 unspecified atom stereocenters. The Hall–Kier alpha value is -5.82. The molecule has 0 aliphatic heterocycles. The quantitative estimate of drug-likeness (QED) is 0.0983. The minimum atomic E-state index is -1.33. The van der Waals surface area contributed by atoms with Crippen LogP contribution in [0.25, 0.3) is 0 Å². The first kappa shape index (κ1) is 40.9. The van der Waals surface area contributed by atoms with Crippen LogP contribution in [-0.4, -0.2) is 69.3 Å². The standard InChI is InChI=1S/C41H50N6O7/c1-27(2)35(46-40(51)53-25-31-19-11-13-21-42-31)38(49)44-33(23-29-15-7-5-8-16-29)37(48)34(24-30-17-9-6-10-18-30)45-39(50)36(28(3)4)47-41(52)54-26-32-20-12-14-22-43-32/h5-22,27-28,33-37,48H,23-26H2,1-4H3,(H,44,49)(H,45,50)(H,46,51)(H,47,52)/t33-,34-,35?,36?,37?/m0/s1. The van der Waals surface area contributed by atoms with Crippen molar-refractivity contribution in [2.45, 2.75) is 84.0 Å². The van der Waals surface area contributed by atoms with Crippen LogP contribution in [0.5, 0.6) is 0 Å². The molecule has 4 atom stereocenters. The second kappa shape index (κ2) is 21.0. The summed E-state index contributed by atoms with van der Waals surface area (Å²) in [6.07, 6.45) is 0.664. The van der Waals surface area contributed by atoms with Crippen molar-refractivity contribution in [1.29, 1.82) is 0 Å². The van der Waals surface area contributed by atoms with Gasteiger partial charge in [-0.05, 0) is 60.1 Å². The number of aliphatic hydroxyl groups excluding tert-OH is 1. The van der Waals surface area contributed by atoms with Crippen molar-refractivity contribution in [3.8, 4) is 0 Å². The molecule has 13 nitrogen and oxygen atoms in total. The van der Waals surface area contributed by atoms with Crippen molar-refractivity contribution in [2.24, 2.45) is 11.8 Å². The summed E-state index contributed by atoms with van der Waals surface area (Å²) in [4.78, 5) is 61.8. The Morgan fingerprint density at radius 2 is 0.926 bits per heavy atom. The van der Waals surface area contributed by atoms with Crippen LogP contribution >= 0.6 is 0 Å². The number of alkyl carbamates (subject to hydrolysis) is 2. The Bertz CT molecular complexity index is 1620. The maximum Gasteiger partial charge on any atom is 0.408 e. The minimum absolute atomic E-state index is 0.0799. The Morgan fingerprint density at radius 3 is 1.26 bits per heavy atom. The van der Waals surface area contributed by atoms with Crippen molar-refractivity contribution in [1.82, 2.24) is 31.2 Å². The van der Waals surface area contributed by atoms with Crippen LogP contribution in [0.1, 0.15) is 50.2 Å². The predicted molar refractivity (Wildman–Crippen MR) is 203 cm³/mol. The molecule has 2 heterocycles. The number of nitrogens with one attached hydrogen (secondary N) is 4. The highest BCUT2D eigenvalue weighted by Gasteiger charge is 2.36. The van der Waals surface area contributed by atoms with E-state index in [1.54, 1.807) is 76.5 Å². The molecule has 54 heavy (non-hydrogen) atoms. The second-order valence-electron chi connectivity index (χ2n) is 13.6. The maximum atomic E-state index is 13.9. The number of hydrogen-bond donors (Lipinski definition) is 5. The zero-order valence-electron chi connectivity index (χ0n) is 31.1. The second-order valence-corrected chi connectivity index (χ2v) is 13.6. The molecule has 0 aliphatic carbocycles. The molecule has 0 radical (unpaired) electrons. The zero-order valence-corrected chi connectivity index (χ0v) is 31.1. The van der Waals surface area contributed by atoms with Crippen molar-refractivity contribution in [2.75, 3.05) is 0 Å². The van der Waals surface area contributed by atoms with Gasteiger partial charge in [-0.2, -0.15) is 0 Å². The summed E-state index contributed by atoms with van der Waals surface area (Å²) in [6.45, 7) is 6.97. The Kier molecular flexibility index (Phi) is 15.9. The summed E-state index contributed by atoms with van der Waals surface area (Å²) in [6, 6.07) is 25.3. The average Bonchev–Trinajstić information content (AvgIpc) is 3.17. The molecular weight excluding hydrogens is 688 g/mol. The van der Waals surface area contributed by atoms with E-state index in [-0.39, 0.29) is 37.9 Å². The number of carbonyl (C=O) groups is 4. The van der Waals surface area contributed by atoms with Gasteiger partial charge in [-0.1, -0.05) is 100 Å². The summed E-state index contributed by atoms with van der Waals surface area (Å²) in [5, 5.41) is 23.4. The van der Waals surface area contributed by atoms with Gasteiger partial charge in [0.1, 0.15) is 25.3 Å². The fourth-order valence-electron chi connectivity index (χ4n) is 5.73. The average molecular weight is 739 g/mol. The number of hydrogen-bond acceptors (Lipinski definition) is 9. The molecule has 0 bridgehead atoms. The highest BCUT2D eigenvalue weighted by molar-refractivity contribution is 5.87. The lowest BCUT2D eigenvalue weighted by Crippen LogP contribution is -2.61. The monoisotopic (exact) mass is 738 g/mol. The largest absolute Gasteiger partial charge is 0.443 e. The molecule has 4 amide bonds. The number of ether oxygens (including phenoxy) is 2. The number of aliphatic hydroxyl groups is 1. The van der Waals surface area contributed by atoms with Crippen LogP contribution in [0.2, 0.25) is 0 Å². The summed E-state index contributed by atoms with van der Waals surface area (Å²) < 4.78 is 10.7. The van der Waals surface area contributed by atoms with Crippen LogP contribution in [0, 0.1) is 11.8 Å². The van der Waals surface area contributed by atoms with Gasteiger partial charge >= 0.3 is 12.2 Å². The molecule has 5 N–H and O–H groups in total. The van der Waals surface area contributed by atoms with Gasteiger partial charge in [-0.25, -0.2) is 9.59 Å². The SMILES string of the molecule is CC(C)C(NC(=O)OCc1ccccn1)C(=O)N[C@@H](Cc1ccccc1)C(O)[C@H](Cc1ccccc1)NC(=O)C(NC(=O)OCc1ccccn1)C(C)C. The van der Waals surface area contributed by atoms with Crippen LogP contribution in [0.4, 0.5) is 9.59 Å². The summed E-state index contributed by atoms with van der Waals surface area (Å²) >= 11 is 0. The molecular formula is C41H50N6O7. The van der Waals surface area contributed by atoms with Gasteiger partial charge in [0.15, 0.2) is 0 Å². The van der Waals surface area contributed by atoms with Crippen LogP contribution in [-0.2, 0) is 45.1 Å². The molecule has 286 valence electrons. The van der Waals surface area contributed by atoms with Crippen LogP contribution in [0.3, 0.4) is 0 Å². The molecule has 0 aliphatic rings. The molecule has 2 aromatic carbocycles. The normalized spacial score (nSPS) is 13.8. The lowest BCUT2D eigenvalue weighted by molar-refractivity contribution is -0.126. The summed E-state index contributed by atoms with van der Waals surface area (Å²) in [5.74, 6) is -1.78. The lowest BCUT2D eigenvalue weighted by atomic mass is 9.91. The molecule has 13 heteroatoms. The fourth-order valence-corrected chi connectivity index (χ4v) is 5.73. The van der Waals surface area contributed by atoms with E-state index in [0.29, 0.717) is 11.4 Å². The van der Waals surface area contributed by atoms with Crippen LogP contribution in [0.15, 0.2) is 109 Å². The number of aromatic nitrogens is 2. The van der Waals surface area contributed by atoms with E-state index in [2.05, 4.69) is 31.2 Å². The lowest BCUT2D eigenvalue weighted by Gasteiger charge is -2.34. The number of carbonyl (C=O) groups excluding carboxylic acids is 4. The van der Waals surface area contributed by atoms with Gasteiger partial charge < -0.3 is 35.8 Å². The van der Waals surface area contributed by atoms with Gasteiger partial charge in [-0.15, -0.1) is 0 Å². The third-order valence-electron chi connectivity index (χ3n) is 8.68. The molecule has 0 spiro atoms. The molecule has 4 rings (SSSR count). The molecule has 4 aromatic rings. The highest BCUT2D eigenvalue weighted by atomic mass is 16.6. The first-order valence-corrected chi connectivity index (χ1v) is 18.0. The summed E-state index contributed by atoms with van der Waals surface area (Å²) in [7, 11) is 0. The minimum Gasteiger partial charge on any atom is -0.443 e. The smallest absolute Gasteiger partial charge is 0.408 e. The number of pyridine rings is 2. The van der Waals surface area contributed by atoms with Crippen molar-refractivity contribution in [3.05, 3.63) is 132 Å². The number of rotatable bonds is 18. The van der Waals surface area contributed by atoms with E-state index < -0.39 is 54.3 Å². The van der Waals surface area contributed by atoms with E-state index >= 15 is 0 Å². The van der Waals surface area contributed by atoms with Crippen molar-refractivity contribution < 1.29 is 33.8 Å². The van der Waals surface area contributed by atoms with E-state index in [4.69, 9.17) is 9.47 Å². The highest BCUT2D eigenvalue weighted by Crippen LogP contribution is 2.16. The van der Waals surface area contributed by atoms with Crippen molar-refractivity contribution >= 4 is 24.0 Å². The first-order valence-electron chi connectivity index (χ1n) is 18.0. The number of benzene rings is 2. The van der Waals surface area contributed by atoms with Gasteiger partial charge in [0, 0.05) is 12.4 Å². The van der Waals surface area contributed by atoms with E-state index in [0.717, 1.165) is 11.1 Å².